The molecular weight excluding hydrogens is 338 g/mol. The topological polar surface area (TPSA) is 63.7 Å². The molecule has 0 atom stereocenters. The van der Waals surface area contributed by atoms with Crippen LogP contribution >= 0.6 is 0 Å². The number of carbonyl (C=O) groups excluding carboxylic acids is 1. The molecule has 0 fully saturated rings. The molecule has 6 heteroatoms. The summed E-state index contributed by atoms with van der Waals surface area (Å²) in [5.74, 6) is 0. The number of sulfonamides is 1. The van der Waals surface area contributed by atoms with E-state index in [0.29, 0.717) is 12.8 Å². The number of hydrogen-bond acceptors (Lipinski definition) is 4. The van der Waals surface area contributed by atoms with E-state index in [9.17, 15) is 13.2 Å². The molecule has 0 saturated carbocycles. The third kappa shape index (κ3) is 5.06. The number of rotatable bonds is 7. The highest BCUT2D eigenvalue weighted by Crippen LogP contribution is 2.18. The molecule has 0 heterocycles. The fourth-order valence-corrected chi connectivity index (χ4v) is 3.77. The Kier molecular flexibility index (Phi) is 6.58. The van der Waals surface area contributed by atoms with E-state index in [0.717, 1.165) is 15.4 Å². The van der Waals surface area contributed by atoms with Gasteiger partial charge in [0.05, 0.1) is 11.5 Å². The predicted molar refractivity (Wildman–Crippen MR) is 96.9 cm³/mol. The fraction of sp³-hybridized carbons (Fsp3) is 0.316. The minimum atomic E-state index is -3.93. The van der Waals surface area contributed by atoms with Crippen molar-refractivity contribution in [2.45, 2.75) is 31.6 Å². The van der Waals surface area contributed by atoms with Crippen molar-refractivity contribution in [3.05, 3.63) is 65.7 Å². The van der Waals surface area contributed by atoms with Gasteiger partial charge in [-0.15, -0.1) is 0 Å². The van der Waals surface area contributed by atoms with Crippen LogP contribution in [0, 0.1) is 6.92 Å². The van der Waals surface area contributed by atoms with Crippen LogP contribution in [-0.4, -0.2) is 32.0 Å². The third-order valence-corrected chi connectivity index (χ3v) is 5.53. The molecule has 0 bridgehead atoms. The minimum Gasteiger partial charge on any atom is -0.449 e. The summed E-state index contributed by atoms with van der Waals surface area (Å²) >= 11 is 0. The van der Waals surface area contributed by atoms with Crippen LogP contribution in [0.15, 0.2) is 59.5 Å². The summed E-state index contributed by atoms with van der Waals surface area (Å²) in [5, 5.41) is 0. The number of benzene rings is 2. The Morgan fingerprint density at radius 3 is 2.28 bits per heavy atom. The highest BCUT2D eigenvalue weighted by Gasteiger charge is 2.30. The zero-order chi connectivity index (χ0) is 18.3. The van der Waals surface area contributed by atoms with Crippen LogP contribution in [-0.2, 0) is 21.2 Å². The van der Waals surface area contributed by atoms with Gasteiger partial charge >= 0.3 is 6.09 Å². The molecule has 25 heavy (non-hydrogen) atoms. The molecule has 0 aliphatic carbocycles. The largest absolute Gasteiger partial charge is 0.449 e. The molecule has 1 amide bonds. The summed E-state index contributed by atoms with van der Waals surface area (Å²) in [4.78, 5) is 12.3. The number of aryl methyl sites for hydroxylation is 2. The molecule has 0 aliphatic heterocycles. The molecule has 0 saturated heterocycles. The van der Waals surface area contributed by atoms with Crippen molar-refractivity contribution in [3.63, 3.8) is 0 Å². The molecule has 5 nitrogen and oxygen atoms in total. The smallest absolute Gasteiger partial charge is 0.423 e. The molecule has 2 aromatic rings. The van der Waals surface area contributed by atoms with Gasteiger partial charge in [-0.1, -0.05) is 48.0 Å². The predicted octanol–water partition coefficient (Wildman–Crippen LogP) is 3.78. The van der Waals surface area contributed by atoms with E-state index < -0.39 is 16.1 Å². The van der Waals surface area contributed by atoms with Gasteiger partial charge in [0.2, 0.25) is 0 Å². The van der Waals surface area contributed by atoms with E-state index in [1.165, 1.54) is 12.1 Å². The number of ether oxygens (including phenoxy) is 1. The van der Waals surface area contributed by atoms with Gasteiger partial charge in [-0.05, 0) is 44.4 Å². The number of carbonyl (C=O) groups is 1. The third-order valence-electron chi connectivity index (χ3n) is 3.75. The van der Waals surface area contributed by atoms with Gasteiger partial charge in [0.25, 0.3) is 10.0 Å². The first kappa shape index (κ1) is 19.0. The number of nitrogens with zero attached hydrogens (tertiary/aromatic N) is 1. The van der Waals surface area contributed by atoms with Crippen molar-refractivity contribution in [2.75, 3.05) is 13.2 Å². The van der Waals surface area contributed by atoms with Gasteiger partial charge < -0.3 is 4.74 Å². The number of amides is 1. The van der Waals surface area contributed by atoms with Crippen LogP contribution in [0.3, 0.4) is 0 Å². The lowest BCUT2D eigenvalue weighted by molar-refractivity contribution is 0.130. The van der Waals surface area contributed by atoms with Crippen molar-refractivity contribution in [1.29, 1.82) is 0 Å². The molecule has 0 radical (unpaired) electrons. The Morgan fingerprint density at radius 2 is 1.68 bits per heavy atom. The van der Waals surface area contributed by atoms with E-state index in [-0.39, 0.29) is 18.0 Å². The Labute approximate surface area is 149 Å². The summed E-state index contributed by atoms with van der Waals surface area (Å²) < 4.78 is 31.4. The fourth-order valence-electron chi connectivity index (χ4n) is 2.41. The average Bonchev–Trinajstić information content (AvgIpc) is 2.60. The lowest BCUT2D eigenvalue weighted by Crippen LogP contribution is -2.38. The molecule has 0 aromatic heterocycles. The van der Waals surface area contributed by atoms with Crippen LogP contribution in [0.1, 0.15) is 24.5 Å². The van der Waals surface area contributed by atoms with E-state index in [4.69, 9.17) is 4.74 Å². The van der Waals surface area contributed by atoms with Crippen LogP contribution in [0.4, 0.5) is 4.79 Å². The van der Waals surface area contributed by atoms with E-state index in [1.807, 2.05) is 37.3 Å². The summed E-state index contributed by atoms with van der Waals surface area (Å²) in [6.07, 6.45) is 0.366. The maximum absolute atomic E-state index is 12.8. The first-order valence-electron chi connectivity index (χ1n) is 8.25. The highest BCUT2D eigenvalue weighted by molar-refractivity contribution is 7.89. The van der Waals surface area contributed by atoms with Gasteiger partial charge in [0.1, 0.15) is 0 Å². The lowest BCUT2D eigenvalue weighted by Gasteiger charge is -2.21. The van der Waals surface area contributed by atoms with Crippen molar-refractivity contribution in [1.82, 2.24) is 4.31 Å². The SMILES string of the molecule is CCOC(=O)N(CCCc1ccccc1)S(=O)(=O)c1ccc(C)cc1. The van der Waals surface area contributed by atoms with Gasteiger partial charge in [-0.3, -0.25) is 0 Å². The summed E-state index contributed by atoms with van der Waals surface area (Å²) in [7, 11) is -3.93. The summed E-state index contributed by atoms with van der Waals surface area (Å²) in [6.45, 7) is 3.72. The van der Waals surface area contributed by atoms with Crippen molar-refractivity contribution >= 4 is 16.1 Å². The molecule has 0 N–H and O–H groups in total. The second-order valence-electron chi connectivity index (χ2n) is 5.68. The lowest BCUT2D eigenvalue weighted by atomic mass is 10.1. The second-order valence-corrected chi connectivity index (χ2v) is 7.54. The van der Waals surface area contributed by atoms with E-state index in [1.54, 1.807) is 19.1 Å². The van der Waals surface area contributed by atoms with Crippen molar-refractivity contribution in [3.8, 4) is 0 Å². The van der Waals surface area contributed by atoms with Gasteiger partial charge in [-0.2, -0.15) is 0 Å². The molecule has 2 aromatic carbocycles. The first-order valence-corrected chi connectivity index (χ1v) is 9.69. The molecule has 2 rings (SSSR count). The Hall–Kier alpha value is -2.34. The normalized spacial score (nSPS) is 11.1. The van der Waals surface area contributed by atoms with Gasteiger partial charge in [-0.25, -0.2) is 17.5 Å². The Morgan fingerprint density at radius 1 is 1.04 bits per heavy atom. The summed E-state index contributed by atoms with van der Waals surface area (Å²) in [6, 6.07) is 16.2. The van der Waals surface area contributed by atoms with Crippen LogP contribution in [0.25, 0.3) is 0 Å². The Balaban J connectivity index is 2.17. The highest BCUT2D eigenvalue weighted by atomic mass is 32.2. The molecule has 0 aliphatic rings. The molecule has 134 valence electrons. The van der Waals surface area contributed by atoms with Crippen molar-refractivity contribution < 1.29 is 17.9 Å². The standard InChI is InChI=1S/C19H23NO4S/c1-3-24-19(21)20(15-7-10-17-8-5-4-6-9-17)25(22,23)18-13-11-16(2)12-14-18/h4-6,8-9,11-14H,3,7,10,15H2,1-2H3. The van der Waals surface area contributed by atoms with Crippen LogP contribution in [0.2, 0.25) is 0 Å². The van der Waals surface area contributed by atoms with Crippen LogP contribution in [0.5, 0.6) is 0 Å². The molecular formula is C19H23NO4S. The Bertz CT molecular complexity index is 786. The monoisotopic (exact) mass is 361 g/mol. The second kappa shape index (κ2) is 8.67. The molecule has 0 spiro atoms. The average molecular weight is 361 g/mol. The maximum atomic E-state index is 12.8. The first-order chi connectivity index (χ1) is 11.9. The number of hydrogen-bond donors (Lipinski definition) is 0. The molecule has 0 unspecified atom stereocenters. The minimum absolute atomic E-state index is 0.0734. The summed E-state index contributed by atoms with van der Waals surface area (Å²) in [5.41, 5.74) is 2.05. The van der Waals surface area contributed by atoms with Crippen LogP contribution < -0.4 is 0 Å². The van der Waals surface area contributed by atoms with Gasteiger partial charge in [0, 0.05) is 6.54 Å². The quantitative estimate of drug-likeness (QED) is 0.753. The zero-order valence-electron chi connectivity index (χ0n) is 14.5. The van der Waals surface area contributed by atoms with E-state index in [2.05, 4.69) is 0 Å². The maximum Gasteiger partial charge on any atom is 0.423 e. The van der Waals surface area contributed by atoms with Gasteiger partial charge in [0.15, 0.2) is 0 Å². The zero-order valence-corrected chi connectivity index (χ0v) is 15.3. The van der Waals surface area contributed by atoms with Crippen molar-refractivity contribution in [2.24, 2.45) is 0 Å². The van der Waals surface area contributed by atoms with E-state index >= 15 is 0 Å².